The van der Waals surface area contributed by atoms with Crippen LogP contribution in [0.1, 0.15) is 25.3 Å². The Kier molecular flexibility index (Phi) is 6.11. The van der Waals surface area contributed by atoms with Crippen LogP contribution in [0.3, 0.4) is 0 Å². The number of carbonyl (C=O) groups excluding carboxylic acids is 2. The Morgan fingerprint density at radius 3 is 2.74 bits per heavy atom. The topological polar surface area (TPSA) is 49.4 Å². The predicted molar refractivity (Wildman–Crippen MR) is 104 cm³/mol. The highest BCUT2D eigenvalue weighted by Crippen LogP contribution is 2.28. The van der Waals surface area contributed by atoms with Gasteiger partial charge in [-0.1, -0.05) is 41.9 Å². The second-order valence-electron chi connectivity index (χ2n) is 6.94. The van der Waals surface area contributed by atoms with Crippen molar-refractivity contribution in [3.8, 4) is 0 Å². The van der Waals surface area contributed by atoms with Gasteiger partial charge in [0.1, 0.15) is 5.82 Å². The molecule has 2 aromatic carbocycles. The number of nitrogens with zero attached hydrogens (tertiary/aromatic N) is 1. The second kappa shape index (κ2) is 8.53. The van der Waals surface area contributed by atoms with Gasteiger partial charge >= 0.3 is 0 Å². The smallest absolute Gasteiger partial charge is 0.227 e. The molecule has 1 aliphatic rings. The van der Waals surface area contributed by atoms with E-state index in [4.69, 9.17) is 11.6 Å². The van der Waals surface area contributed by atoms with E-state index in [1.54, 1.807) is 0 Å². The minimum Gasteiger partial charge on any atom is -0.353 e. The Labute approximate surface area is 163 Å². The monoisotopic (exact) mass is 388 g/mol. The molecule has 0 aliphatic carbocycles. The first-order chi connectivity index (χ1) is 12.9. The largest absolute Gasteiger partial charge is 0.353 e. The van der Waals surface area contributed by atoms with Crippen LogP contribution in [0.4, 0.5) is 10.1 Å². The zero-order chi connectivity index (χ0) is 19.4. The molecular formula is C21H22ClFN2O2. The Balaban J connectivity index is 1.54. The normalized spacial score (nSPS) is 17.8. The summed E-state index contributed by atoms with van der Waals surface area (Å²) in [6.07, 6.45) is 1.85. The molecule has 1 N–H and O–H groups in total. The van der Waals surface area contributed by atoms with Crippen LogP contribution in [-0.4, -0.2) is 24.4 Å². The highest BCUT2D eigenvalue weighted by atomic mass is 35.5. The fourth-order valence-electron chi connectivity index (χ4n) is 3.25. The molecular weight excluding hydrogens is 367 g/mol. The summed E-state index contributed by atoms with van der Waals surface area (Å²) in [7, 11) is 0. The lowest BCUT2D eigenvalue weighted by atomic mass is 10.0. The van der Waals surface area contributed by atoms with Crippen molar-refractivity contribution in [3.05, 3.63) is 64.9 Å². The first kappa shape index (κ1) is 19.4. The molecule has 0 radical (unpaired) electrons. The number of aryl methyl sites for hydroxylation is 1. The number of rotatable bonds is 6. The lowest BCUT2D eigenvalue weighted by Gasteiger charge is -2.19. The Morgan fingerprint density at radius 2 is 2.04 bits per heavy atom. The van der Waals surface area contributed by atoms with Gasteiger partial charge in [-0.25, -0.2) is 4.39 Å². The summed E-state index contributed by atoms with van der Waals surface area (Å²) in [5.41, 5.74) is 1.74. The highest BCUT2D eigenvalue weighted by Gasteiger charge is 2.35. The maximum atomic E-state index is 13.3. The van der Waals surface area contributed by atoms with E-state index in [2.05, 4.69) is 17.4 Å². The van der Waals surface area contributed by atoms with Crippen molar-refractivity contribution in [2.24, 2.45) is 5.92 Å². The summed E-state index contributed by atoms with van der Waals surface area (Å²) in [5, 5.41) is 2.96. The van der Waals surface area contributed by atoms with E-state index in [1.807, 2.05) is 25.1 Å². The van der Waals surface area contributed by atoms with Crippen LogP contribution in [0.25, 0.3) is 0 Å². The number of benzene rings is 2. The number of hydrogen-bond acceptors (Lipinski definition) is 2. The van der Waals surface area contributed by atoms with E-state index in [1.165, 1.54) is 28.7 Å². The SMILES string of the molecule is C[C@H](CCc1ccccc1)NC(=O)[C@@H]1CC(=O)N(c2ccc(F)c(Cl)c2)C1. The van der Waals surface area contributed by atoms with Crippen LogP contribution in [0.5, 0.6) is 0 Å². The van der Waals surface area contributed by atoms with E-state index in [-0.39, 0.29) is 35.8 Å². The van der Waals surface area contributed by atoms with Gasteiger partial charge in [0.05, 0.1) is 10.9 Å². The number of amides is 2. The van der Waals surface area contributed by atoms with E-state index >= 15 is 0 Å². The lowest BCUT2D eigenvalue weighted by molar-refractivity contribution is -0.126. The lowest BCUT2D eigenvalue weighted by Crippen LogP contribution is -2.38. The van der Waals surface area contributed by atoms with Crippen molar-refractivity contribution in [1.29, 1.82) is 0 Å². The molecule has 2 amide bonds. The standard InChI is InChI=1S/C21H22ClFN2O2/c1-14(7-8-15-5-3-2-4-6-15)24-21(27)16-11-20(26)25(13-16)17-9-10-19(23)18(22)12-17/h2-6,9-10,12,14,16H,7-8,11,13H2,1H3,(H,24,27)/t14-,16-/m1/s1. The van der Waals surface area contributed by atoms with E-state index in [0.29, 0.717) is 5.69 Å². The van der Waals surface area contributed by atoms with Crippen LogP contribution in [0.15, 0.2) is 48.5 Å². The van der Waals surface area contributed by atoms with E-state index in [0.717, 1.165) is 12.8 Å². The summed E-state index contributed by atoms with van der Waals surface area (Å²) in [6.45, 7) is 2.24. The molecule has 1 heterocycles. The van der Waals surface area contributed by atoms with Crippen LogP contribution in [-0.2, 0) is 16.0 Å². The molecule has 27 heavy (non-hydrogen) atoms. The van der Waals surface area contributed by atoms with Gasteiger partial charge in [0.2, 0.25) is 11.8 Å². The van der Waals surface area contributed by atoms with Crippen molar-refractivity contribution < 1.29 is 14.0 Å². The molecule has 0 aromatic heterocycles. The number of carbonyl (C=O) groups is 2. The van der Waals surface area contributed by atoms with Gasteiger partial charge in [-0.05, 0) is 43.5 Å². The molecule has 142 valence electrons. The first-order valence-corrected chi connectivity index (χ1v) is 9.41. The Hall–Kier alpha value is -2.40. The van der Waals surface area contributed by atoms with Crippen molar-refractivity contribution in [3.63, 3.8) is 0 Å². The third-order valence-corrected chi connectivity index (χ3v) is 5.10. The van der Waals surface area contributed by atoms with E-state index in [9.17, 15) is 14.0 Å². The van der Waals surface area contributed by atoms with Gasteiger partial charge in [-0.15, -0.1) is 0 Å². The Morgan fingerprint density at radius 1 is 1.30 bits per heavy atom. The number of halogens is 2. The van der Waals surface area contributed by atoms with Crippen LogP contribution < -0.4 is 10.2 Å². The fraction of sp³-hybridized carbons (Fsp3) is 0.333. The summed E-state index contributed by atoms with van der Waals surface area (Å²) in [5.74, 6) is -1.23. The molecule has 1 saturated heterocycles. The molecule has 0 bridgehead atoms. The molecule has 6 heteroatoms. The average molecular weight is 389 g/mol. The van der Waals surface area contributed by atoms with Crippen molar-refractivity contribution in [2.45, 2.75) is 32.2 Å². The summed E-state index contributed by atoms with van der Waals surface area (Å²) in [6, 6.07) is 14.3. The minimum atomic E-state index is -0.534. The number of anilines is 1. The third kappa shape index (κ3) is 4.86. The maximum absolute atomic E-state index is 13.3. The van der Waals surface area contributed by atoms with Gasteiger partial charge in [-0.3, -0.25) is 9.59 Å². The number of hydrogen-bond donors (Lipinski definition) is 1. The van der Waals surface area contributed by atoms with Crippen LogP contribution in [0.2, 0.25) is 5.02 Å². The van der Waals surface area contributed by atoms with Crippen molar-refractivity contribution >= 4 is 29.1 Å². The molecule has 0 spiro atoms. The fourth-order valence-corrected chi connectivity index (χ4v) is 3.42. The second-order valence-corrected chi connectivity index (χ2v) is 7.34. The van der Waals surface area contributed by atoms with Gasteiger partial charge in [0.25, 0.3) is 0 Å². The zero-order valence-corrected chi connectivity index (χ0v) is 15.9. The summed E-state index contributed by atoms with van der Waals surface area (Å²) >= 11 is 5.80. The zero-order valence-electron chi connectivity index (χ0n) is 15.1. The molecule has 3 rings (SSSR count). The maximum Gasteiger partial charge on any atom is 0.227 e. The average Bonchev–Trinajstić information content (AvgIpc) is 3.05. The highest BCUT2D eigenvalue weighted by molar-refractivity contribution is 6.31. The predicted octanol–water partition coefficient (Wildman–Crippen LogP) is 3.97. The summed E-state index contributed by atoms with van der Waals surface area (Å²) < 4.78 is 13.3. The molecule has 4 nitrogen and oxygen atoms in total. The molecule has 0 saturated carbocycles. The first-order valence-electron chi connectivity index (χ1n) is 9.03. The van der Waals surface area contributed by atoms with Crippen molar-refractivity contribution in [1.82, 2.24) is 5.32 Å². The molecule has 2 aromatic rings. The van der Waals surface area contributed by atoms with Crippen LogP contribution >= 0.6 is 11.6 Å². The summed E-state index contributed by atoms with van der Waals surface area (Å²) in [4.78, 5) is 26.3. The molecule has 1 fully saturated rings. The number of nitrogens with one attached hydrogen (secondary N) is 1. The van der Waals surface area contributed by atoms with Gasteiger partial charge < -0.3 is 10.2 Å². The molecule has 0 unspecified atom stereocenters. The Bertz CT molecular complexity index is 828. The minimum absolute atomic E-state index is 0.0159. The van der Waals surface area contributed by atoms with E-state index < -0.39 is 11.7 Å². The molecule has 2 atom stereocenters. The third-order valence-electron chi connectivity index (χ3n) is 4.81. The van der Waals surface area contributed by atoms with Crippen LogP contribution in [0, 0.1) is 11.7 Å². The quantitative estimate of drug-likeness (QED) is 0.814. The van der Waals surface area contributed by atoms with Gasteiger partial charge in [0.15, 0.2) is 0 Å². The van der Waals surface area contributed by atoms with Gasteiger partial charge in [-0.2, -0.15) is 0 Å². The van der Waals surface area contributed by atoms with Gasteiger partial charge in [0, 0.05) is 24.7 Å². The molecule has 1 aliphatic heterocycles. The van der Waals surface area contributed by atoms with Crippen molar-refractivity contribution in [2.75, 3.05) is 11.4 Å².